The fourth-order valence-electron chi connectivity index (χ4n) is 3.87. The van der Waals surface area contributed by atoms with Gasteiger partial charge in [-0.25, -0.2) is 13.4 Å². The second-order valence-electron chi connectivity index (χ2n) is 8.04. The third kappa shape index (κ3) is 5.98. The van der Waals surface area contributed by atoms with E-state index in [-0.39, 0.29) is 23.6 Å². The van der Waals surface area contributed by atoms with E-state index in [2.05, 4.69) is 15.2 Å². The molecule has 1 amide bonds. The number of morpholine rings is 1. The van der Waals surface area contributed by atoms with E-state index in [9.17, 15) is 18.0 Å². The lowest BCUT2D eigenvalue weighted by Crippen LogP contribution is -2.45. The van der Waals surface area contributed by atoms with Gasteiger partial charge >= 0.3 is 0 Å². The molecule has 3 heterocycles. The minimum absolute atomic E-state index is 0.0291. The van der Waals surface area contributed by atoms with E-state index in [1.165, 1.54) is 16.6 Å². The second kappa shape index (κ2) is 10.4. The smallest absolute Gasteiger partial charge is 0.251 e. The summed E-state index contributed by atoms with van der Waals surface area (Å²) in [5.74, 6) is 0.332. The van der Waals surface area contributed by atoms with Gasteiger partial charge in [-0.1, -0.05) is 13.8 Å². The topological polar surface area (TPSA) is 114 Å². The first-order valence-corrected chi connectivity index (χ1v) is 12.4. The number of anilines is 2. The highest BCUT2D eigenvalue weighted by molar-refractivity contribution is 7.89. The number of hydrogen-bond donors (Lipinski definition) is 1. The standard InChI is InChI=1S/C22H31N5O5S/c1-5-27(6-2)33(30,31)19-8-10-22(29)26(14-19)15-21(28)24-18-7-9-20(23-11-18)25-12-16(3)32-17(4)13-25/h7-11,14,16-17H,5-6,12-13,15H2,1-4H3,(H,24,28). The van der Waals surface area contributed by atoms with Gasteiger partial charge in [0, 0.05) is 38.4 Å². The van der Waals surface area contributed by atoms with Gasteiger partial charge in [-0.3, -0.25) is 9.59 Å². The third-order valence-corrected chi connectivity index (χ3v) is 7.42. The number of carbonyl (C=O) groups is 1. The van der Waals surface area contributed by atoms with Crippen molar-refractivity contribution in [2.24, 2.45) is 0 Å². The highest BCUT2D eigenvalue weighted by Gasteiger charge is 2.24. The minimum atomic E-state index is -3.74. The molecule has 0 aliphatic carbocycles. The van der Waals surface area contributed by atoms with Crippen molar-refractivity contribution in [3.05, 3.63) is 47.0 Å². The average Bonchev–Trinajstić information content (AvgIpc) is 2.75. The molecule has 1 N–H and O–H groups in total. The SMILES string of the molecule is CCN(CC)S(=O)(=O)c1ccc(=O)n(CC(=O)Nc2ccc(N3CC(C)OC(C)C3)nc2)c1. The summed E-state index contributed by atoms with van der Waals surface area (Å²) in [6.07, 6.45) is 2.98. The lowest BCUT2D eigenvalue weighted by molar-refractivity contribution is -0.116. The fourth-order valence-corrected chi connectivity index (χ4v) is 5.34. The maximum Gasteiger partial charge on any atom is 0.251 e. The van der Waals surface area contributed by atoms with Crippen molar-refractivity contribution < 1.29 is 17.9 Å². The van der Waals surface area contributed by atoms with Gasteiger partial charge in [0.2, 0.25) is 15.9 Å². The Hall–Kier alpha value is -2.76. The van der Waals surface area contributed by atoms with Crippen LogP contribution < -0.4 is 15.8 Å². The number of nitrogens with one attached hydrogen (secondary N) is 1. The maximum absolute atomic E-state index is 12.7. The van der Waals surface area contributed by atoms with Gasteiger partial charge in [0.1, 0.15) is 12.4 Å². The van der Waals surface area contributed by atoms with Gasteiger partial charge in [-0.15, -0.1) is 0 Å². The molecule has 3 rings (SSSR count). The molecular weight excluding hydrogens is 446 g/mol. The zero-order valence-electron chi connectivity index (χ0n) is 19.4. The van der Waals surface area contributed by atoms with Crippen LogP contribution in [-0.4, -0.2) is 66.6 Å². The van der Waals surface area contributed by atoms with Crippen molar-refractivity contribution in [2.75, 3.05) is 36.4 Å². The summed E-state index contributed by atoms with van der Waals surface area (Å²) in [7, 11) is -3.74. The van der Waals surface area contributed by atoms with Crippen LogP contribution in [0.2, 0.25) is 0 Å². The van der Waals surface area contributed by atoms with Crippen LogP contribution in [0.1, 0.15) is 27.7 Å². The summed E-state index contributed by atoms with van der Waals surface area (Å²) < 4.78 is 33.6. The van der Waals surface area contributed by atoms with E-state index in [0.29, 0.717) is 18.8 Å². The summed E-state index contributed by atoms with van der Waals surface area (Å²) in [6.45, 7) is 9.28. The van der Waals surface area contributed by atoms with E-state index < -0.39 is 21.5 Å². The number of carbonyl (C=O) groups excluding carboxylic acids is 1. The van der Waals surface area contributed by atoms with Crippen LogP contribution in [0.15, 0.2) is 46.3 Å². The molecule has 0 radical (unpaired) electrons. The van der Waals surface area contributed by atoms with Gasteiger partial charge in [0.15, 0.2) is 0 Å². The summed E-state index contributed by atoms with van der Waals surface area (Å²) in [4.78, 5) is 31.3. The van der Waals surface area contributed by atoms with Crippen molar-refractivity contribution in [3.63, 3.8) is 0 Å². The largest absolute Gasteiger partial charge is 0.372 e. The Morgan fingerprint density at radius 3 is 2.39 bits per heavy atom. The van der Waals surface area contributed by atoms with Gasteiger partial charge in [-0.05, 0) is 32.0 Å². The van der Waals surface area contributed by atoms with Crippen molar-refractivity contribution in [2.45, 2.75) is 51.3 Å². The Balaban J connectivity index is 1.69. The van der Waals surface area contributed by atoms with Crippen molar-refractivity contribution in [1.29, 1.82) is 0 Å². The van der Waals surface area contributed by atoms with Crippen LogP contribution >= 0.6 is 0 Å². The summed E-state index contributed by atoms with van der Waals surface area (Å²) in [5.41, 5.74) is 0.0192. The molecule has 2 aromatic heterocycles. The summed E-state index contributed by atoms with van der Waals surface area (Å²) in [5, 5.41) is 2.70. The first-order chi connectivity index (χ1) is 15.6. The molecule has 2 atom stereocenters. The van der Waals surface area contributed by atoms with Crippen LogP contribution in [0.25, 0.3) is 0 Å². The molecule has 0 spiro atoms. The van der Waals surface area contributed by atoms with E-state index in [1.54, 1.807) is 26.1 Å². The molecule has 180 valence electrons. The number of pyridine rings is 2. The molecular formula is C22H31N5O5S. The van der Waals surface area contributed by atoms with Gasteiger partial charge in [0.05, 0.1) is 29.0 Å². The highest BCUT2D eigenvalue weighted by atomic mass is 32.2. The Morgan fingerprint density at radius 1 is 1.15 bits per heavy atom. The Labute approximate surface area is 194 Å². The zero-order valence-corrected chi connectivity index (χ0v) is 20.2. The molecule has 2 unspecified atom stereocenters. The van der Waals surface area contributed by atoms with Gasteiger partial charge in [-0.2, -0.15) is 4.31 Å². The van der Waals surface area contributed by atoms with Gasteiger partial charge in [0.25, 0.3) is 5.56 Å². The average molecular weight is 478 g/mol. The summed E-state index contributed by atoms with van der Waals surface area (Å²) >= 11 is 0. The zero-order chi connectivity index (χ0) is 24.2. The number of nitrogens with zero attached hydrogens (tertiary/aromatic N) is 4. The molecule has 0 aromatic carbocycles. The number of aromatic nitrogens is 2. The summed E-state index contributed by atoms with van der Waals surface area (Å²) in [6, 6.07) is 5.99. The molecule has 1 aliphatic heterocycles. The molecule has 11 heteroatoms. The van der Waals surface area contributed by atoms with E-state index in [0.717, 1.165) is 29.5 Å². The van der Waals surface area contributed by atoms with Crippen LogP contribution in [0, 0.1) is 0 Å². The molecule has 0 bridgehead atoms. The lowest BCUT2D eigenvalue weighted by atomic mass is 10.2. The third-order valence-electron chi connectivity index (χ3n) is 5.39. The first-order valence-electron chi connectivity index (χ1n) is 11.0. The minimum Gasteiger partial charge on any atom is -0.372 e. The van der Waals surface area contributed by atoms with Crippen molar-refractivity contribution in [1.82, 2.24) is 13.9 Å². The Kier molecular flexibility index (Phi) is 7.88. The Morgan fingerprint density at radius 2 is 1.82 bits per heavy atom. The van der Waals surface area contributed by atoms with E-state index in [4.69, 9.17) is 4.74 Å². The van der Waals surface area contributed by atoms with Crippen molar-refractivity contribution in [3.8, 4) is 0 Å². The Bertz CT molecular complexity index is 1120. The monoisotopic (exact) mass is 477 g/mol. The number of ether oxygens (including phenoxy) is 1. The first kappa shape index (κ1) is 24.9. The molecule has 1 aliphatic rings. The molecule has 0 saturated carbocycles. The molecule has 1 fully saturated rings. The van der Waals surface area contributed by atoms with Gasteiger partial charge < -0.3 is 19.5 Å². The number of rotatable bonds is 8. The number of hydrogen-bond acceptors (Lipinski definition) is 7. The predicted molar refractivity (Wildman–Crippen MR) is 126 cm³/mol. The van der Waals surface area contributed by atoms with Crippen molar-refractivity contribution >= 4 is 27.4 Å². The van der Waals surface area contributed by atoms with Crippen LogP contribution in [0.5, 0.6) is 0 Å². The number of amides is 1. The highest BCUT2D eigenvalue weighted by Crippen LogP contribution is 2.20. The van der Waals surface area contributed by atoms with Crippen LogP contribution in [0.4, 0.5) is 11.5 Å². The molecule has 2 aromatic rings. The normalized spacial score (nSPS) is 19.0. The van der Waals surface area contributed by atoms with Crippen LogP contribution in [-0.2, 0) is 26.1 Å². The van der Waals surface area contributed by atoms with E-state index >= 15 is 0 Å². The quantitative estimate of drug-likeness (QED) is 0.613. The van der Waals surface area contributed by atoms with Crippen LogP contribution in [0.3, 0.4) is 0 Å². The molecule has 33 heavy (non-hydrogen) atoms. The van der Waals surface area contributed by atoms with E-state index in [1.807, 2.05) is 19.9 Å². The molecule has 1 saturated heterocycles. The fraction of sp³-hybridized carbons (Fsp3) is 0.500. The second-order valence-corrected chi connectivity index (χ2v) is 9.97. The number of sulfonamides is 1. The lowest BCUT2D eigenvalue weighted by Gasteiger charge is -2.36. The molecule has 10 nitrogen and oxygen atoms in total. The maximum atomic E-state index is 12.7. The predicted octanol–water partition coefficient (Wildman–Crippen LogP) is 1.53.